The van der Waals surface area contributed by atoms with E-state index in [1.54, 1.807) is 91.0 Å². The standard InChI is InChI=1S/C50H64N12O9/c1-30-42(64)60-38(28-33-18-9-4-10-19-33)48(70)62-25-13-22-40(62)49(71)61-24-12-21-39(61)47(69)56-34(20-11-23-54-50(52)53)43(65)57-35(26-31-14-5-2-6-15-31)45(67)58-36(27-32-16-7-3-8-17-32)46(68)59-37(29-41(51)63)44(66)55-30/h2-10,14-19,30,34-40H,11-13,20-29H2,1H3,(H2,51,63)(H,55,66)(H,56,69)(H,57,65)(H,58,67)(H,59,68)(H,60,64)(H4,52,53,54)/t30-,34+,35+,36+,37-,38-,39-,40+/m0/s1. The number of guanidine groups is 1. The van der Waals surface area contributed by atoms with Gasteiger partial charge in [-0.1, -0.05) is 91.0 Å². The van der Waals surface area contributed by atoms with Crippen LogP contribution in [0.4, 0.5) is 0 Å². The van der Waals surface area contributed by atoms with Gasteiger partial charge < -0.3 is 58.9 Å². The number of nitrogens with zero attached hydrogens (tertiary/aromatic N) is 3. The lowest BCUT2D eigenvalue weighted by Gasteiger charge is -2.33. The Labute approximate surface area is 411 Å². The Morgan fingerprint density at radius 1 is 0.521 bits per heavy atom. The lowest BCUT2D eigenvalue weighted by Crippen LogP contribution is -2.61. The van der Waals surface area contributed by atoms with Crippen LogP contribution in [0.2, 0.25) is 0 Å². The summed E-state index contributed by atoms with van der Waals surface area (Å²) in [6, 6.07) is 16.1. The summed E-state index contributed by atoms with van der Waals surface area (Å²) >= 11 is 0. The molecule has 12 N–H and O–H groups in total. The minimum atomic E-state index is -1.63. The third kappa shape index (κ3) is 14.8. The molecule has 3 aliphatic rings. The van der Waals surface area contributed by atoms with Crippen LogP contribution in [0.3, 0.4) is 0 Å². The van der Waals surface area contributed by atoms with E-state index in [-0.39, 0.29) is 70.5 Å². The third-order valence-corrected chi connectivity index (χ3v) is 12.8. The van der Waals surface area contributed by atoms with Gasteiger partial charge in [0.1, 0.15) is 48.3 Å². The van der Waals surface area contributed by atoms with Crippen molar-refractivity contribution < 1.29 is 43.2 Å². The smallest absolute Gasteiger partial charge is 0.246 e. The fourth-order valence-corrected chi connectivity index (χ4v) is 9.09. The fourth-order valence-electron chi connectivity index (χ4n) is 9.09. The van der Waals surface area contributed by atoms with E-state index in [9.17, 15) is 43.2 Å². The number of carbonyl (C=O) groups is 9. The lowest BCUT2D eigenvalue weighted by atomic mass is 10.0. The fraction of sp³-hybridized carbons (Fsp3) is 0.440. The van der Waals surface area contributed by atoms with Crippen LogP contribution in [0.15, 0.2) is 96.0 Å². The molecule has 0 spiro atoms. The second-order valence-corrected chi connectivity index (χ2v) is 18.1. The molecule has 21 nitrogen and oxygen atoms in total. The molecule has 6 rings (SSSR count). The Bertz CT molecular complexity index is 2420. The summed E-state index contributed by atoms with van der Waals surface area (Å²) < 4.78 is 0. The molecule has 0 aromatic heterocycles. The molecule has 0 aliphatic carbocycles. The van der Waals surface area contributed by atoms with E-state index < -0.39 is 108 Å². The van der Waals surface area contributed by atoms with Crippen molar-refractivity contribution in [2.45, 2.75) is 119 Å². The van der Waals surface area contributed by atoms with Gasteiger partial charge in [-0.2, -0.15) is 0 Å². The van der Waals surface area contributed by atoms with Gasteiger partial charge in [-0.05, 0) is 62.1 Å². The number of carbonyl (C=O) groups excluding carboxylic acids is 9. The van der Waals surface area contributed by atoms with Gasteiger partial charge in [0, 0.05) is 38.9 Å². The van der Waals surface area contributed by atoms with Crippen molar-refractivity contribution >= 4 is 59.1 Å². The maximum Gasteiger partial charge on any atom is 0.246 e. The van der Waals surface area contributed by atoms with Crippen molar-refractivity contribution in [1.29, 1.82) is 0 Å². The number of amides is 9. The molecule has 3 saturated heterocycles. The Morgan fingerprint density at radius 3 is 1.45 bits per heavy atom. The first-order valence-electron chi connectivity index (χ1n) is 24.0. The SMILES string of the molecule is C[C@@H]1NC(=O)[C@H](CC(N)=O)NC(=O)[C@@H](Cc2ccccc2)NC(=O)[C@@H](Cc2ccccc2)NC(=O)[C@@H](CCCN=C(N)N)NC(=O)[C@@H]2CCCN2C(=O)[C@H]2CCCN2C(=O)[C@H](Cc2ccccc2)NC1=O. The monoisotopic (exact) mass is 976 g/mol. The van der Waals surface area contributed by atoms with Gasteiger partial charge >= 0.3 is 0 Å². The van der Waals surface area contributed by atoms with Crippen LogP contribution < -0.4 is 49.1 Å². The van der Waals surface area contributed by atoms with Crippen LogP contribution >= 0.6 is 0 Å². The molecule has 378 valence electrons. The van der Waals surface area contributed by atoms with Gasteiger partial charge in [-0.15, -0.1) is 0 Å². The predicted octanol–water partition coefficient (Wildman–Crippen LogP) is -1.43. The van der Waals surface area contributed by atoms with E-state index in [1.807, 2.05) is 0 Å². The second-order valence-electron chi connectivity index (χ2n) is 18.1. The molecule has 8 atom stereocenters. The topological polar surface area (TPSA) is 323 Å². The minimum absolute atomic E-state index is 0.00902. The normalized spacial score (nSPS) is 25.3. The van der Waals surface area contributed by atoms with E-state index in [1.165, 1.54) is 16.7 Å². The van der Waals surface area contributed by atoms with E-state index in [2.05, 4.69) is 36.9 Å². The number of benzene rings is 3. The first-order chi connectivity index (χ1) is 34.1. The minimum Gasteiger partial charge on any atom is -0.370 e. The molecule has 3 aromatic carbocycles. The summed E-state index contributed by atoms with van der Waals surface area (Å²) in [5.41, 5.74) is 18.6. The highest BCUT2D eigenvalue weighted by molar-refractivity contribution is 6.00. The zero-order chi connectivity index (χ0) is 51.0. The highest BCUT2D eigenvalue weighted by Crippen LogP contribution is 2.26. The molecule has 3 aromatic rings. The van der Waals surface area contributed by atoms with Crippen LogP contribution in [0.25, 0.3) is 0 Å². The van der Waals surface area contributed by atoms with Crippen molar-refractivity contribution in [3.63, 3.8) is 0 Å². The van der Waals surface area contributed by atoms with E-state index in [4.69, 9.17) is 17.2 Å². The lowest BCUT2D eigenvalue weighted by molar-refractivity contribution is -0.148. The first-order valence-corrected chi connectivity index (χ1v) is 24.0. The summed E-state index contributed by atoms with van der Waals surface area (Å²) in [4.78, 5) is 134. The summed E-state index contributed by atoms with van der Waals surface area (Å²) in [5, 5.41) is 16.2. The van der Waals surface area contributed by atoms with Crippen LogP contribution in [-0.4, -0.2) is 137 Å². The molecule has 3 fully saturated rings. The van der Waals surface area contributed by atoms with Crippen molar-refractivity contribution in [1.82, 2.24) is 41.7 Å². The van der Waals surface area contributed by atoms with Crippen molar-refractivity contribution in [2.24, 2.45) is 22.2 Å². The molecule has 0 saturated carbocycles. The molecule has 21 heteroatoms. The Hall–Kier alpha value is -7.84. The van der Waals surface area contributed by atoms with Crippen LogP contribution in [0.1, 0.15) is 68.6 Å². The van der Waals surface area contributed by atoms with Gasteiger partial charge in [-0.3, -0.25) is 48.1 Å². The Balaban J connectivity index is 1.39. The number of aliphatic imine (C=N–C) groups is 1. The van der Waals surface area contributed by atoms with Crippen LogP contribution in [0, 0.1) is 0 Å². The number of nitrogens with one attached hydrogen (secondary N) is 6. The zero-order valence-corrected chi connectivity index (χ0v) is 39.7. The zero-order valence-electron chi connectivity index (χ0n) is 39.7. The van der Waals surface area contributed by atoms with Gasteiger partial charge in [0.2, 0.25) is 53.2 Å². The summed E-state index contributed by atoms with van der Waals surface area (Å²) in [6.45, 7) is 1.85. The number of hydrogen-bond acceptors (Lipinski definition) is 10. The quantitative estimate of drug-likeness (QED) is 0.0576. The molecule has 0 unspecified atom stereocenters. The highest BCUT2D eigenvalue weighted by Gasteiger charge is 2.44. The molecule has 0 bridgehead atoms. The largest absolute Gasteiger partial charge is 0.370 e. The number of primary amides is 1. The average Bonchev–Trinajstić information content (AvgIpc) is 4.06. The molecule has 3 heterocycles. The molecule has 3 aliphatic heterocycles. The number of rotatable bonds is 12. The number of fused-ring (bicyclic) bond motifs is 2. The summed E-state index contributed by atoms with van der Waals surface area (Å²) in [6.07, 6.45) is 0.848. The summed E-state index contributed by atoms with van der Waals surface area (Å²) in [5.74, 6) is -6.97. The predicted molar refractivity (Wildman–Crippen MR) is 261 cm³/mol. The third-order valence-electron chi connectivity index (χ3n) is 12.8. The van der Waals surface area contributed by atoms with E-state index in [0.29, 0.717) is 29.5 Å². The van der Waals surface area contributed by atoms with Gasteiger partial charge in [-0.25, -0.2) is 0 Å². The van der Waals surface area contributed by atoms with Crippen LogP contribution in [0.5, 0.6) is 0 Å². The average molecular weight is 977 g/mol. The van der Waals surface area contributed by atoms with Crippen molar-refractivity contribution in [3.05, 3.63) is 108 Å². The van der Waals surface area contributed by atoms with Gasteiger partial charge in [0.15, 0.2) is 5.96 Å². The van der Waals surface area contributed by atoms with Crippen molar-refractivity contribution in [2.75, 3.05) is 19.6 Å². The van der Waals surface area contributed by atoms with Crippen LogP contribution in [-0.2, 0) is 62.4 Å². The van der Waals surface area contributed by atoms with E-state index >= 15 is 0 Å². The summed E-state index contributed by atoms with van der Waals surface area (Å²) in [7, 11) is 0. The first kappa shape index (κ1) is 52.5. The molecule has 0 radical (unpaired) electrons. The van der Waals surface area contributed by atoms with Gasteiger partial charge in [0.05, 0.1) is 6.42 Å². The molecular formula is C50H64N12O9. The van der Waals surface area contributed by atoms with Crippen molar-refractivity contribution in [3.8, 4) is 0 Å². The Morgan fingerprint density at radius 2 is 0.944 bits per heavy atom. The highest BCUT2D eigenvalue weighted by atomic mass is 16.2. The van der Waals surface area contributed by atoms with E-state index in [0.717, 1.165) is 0 Å². The Kier molecular flexibility index (Phi) is 18.6. The second kappa shape index (κ2) is 25.1. The molecule has 71 heavy (non-hydrogen) atoms. The molecular weight excluding hydrogens is 913 g/mol. The maximum absolute atomic E-state index is 14.6. The number of nitrogens with two attached hydrogens (primary N) is 3. The van der Waals surface area contributed by atoms with Gasteiger partial charge in [0.25, 0.3) is 0 Å². The number of hydrogen-bond donors (Lipinski definition) is 9. The molecule has 9 amide bonds. The maximum atomic E-state index is 14.6.